The molecule has 1 aromatic rings. The second-order valence-corrected chi connectivity index (χ2v) is 9.32. The van der Waals surface area contributed by atoms with Crippen LogP contribution in [-0.4, -0.2) is 13.0 Å². The normalized spacial score (nSPS) is 30.1. The monoisotopic (exact) mass is 392 g/mol. The van der Waals surface area contributed by atoms with E-state index in [0.717, 1.165) is 50.2 Å². The van der Waals surface area contributed by atoms with Crippen LogP contribution in [0.4, 0.5) is 8.78 Å². The summed E-state index contributed by atoms with van der Waals surface area (Å²) in [7, 11) is 1.70. The van der Waals surface area contributed by atoms with Gasteiger partial charge in [0, 0.05) is 12.3 Å². The van der Waals surface area contributed by atoms with Crippen molar-refractivity contribution in [1.82, 2.24) is 0 Å². The van der Waals surface area contributed by atoms with Gasteiger partial charge in [0.25, 0.3) is 5.92 Å². The highest BCUT2D eigenvalue weighted by Gasteiger charge is 2.44. The van der Waals surface area contributed by atoms with E-state index < -0.39 is 5.92 Å². The summed E-state index contributed by atoms with van der Waals surface area (Å²) in [6.45, 7) is 2.09. The molecule has 2 aliphatic rings. The van der Waals surface area contributed by atoms with Crippen LogP contribution in [0.3, 0.4) is 0 Å². The molecule has 0 amide bonds. The van der Waals surface area contributed by atoms with Gasteiger partial charge in [-0.3, -0.25) is 0 Å². The molecule has 0 heterocycles. The quantitative estimate of drug-likeness (QED) is 0.435. The Morgan fingerprint density at radius 1 is 0.893 bits per heavy atom. The first kappa shape index (κ1) is 21.6. The van der Waals surface area contributed by atoms with Crippen LogP contribution in [0, 0.1) is 17.8 Å². The lowest BCUT2D eigenvalue weighted by atomic mass is 9.72. The van der Waals surface area contributed by atoms with E-state index in [2.05, 4.69) is 31.2 Å². The SMILES string of the molecule is CCCCC1CCC(CCC2CCC(c3ccc(OC)cc3)CC2)CC1(F)F. The van der Waals surface area contributed by atoms with Crippen molar-refractivity contribution < 1.29 is 13.5 Å². The molecular weight excluding hydrogens is 354 g/mol. The van der Waals surface area contributed by atoms with E-state index in [0.29, 0.717) is 12.3 Å². The van der Waals surface area contributed by atoms with Crippen LogP contribution in [0.25, 0.3) is 0 Å². The first-order valence-corrected chi connectivity index (χ1v) is 11.5. The van der Waals surface area contributed by atoms with Gasteiger partial charge in [0.15, 0.2) is 0 Å². The predicted octanol–water partition coefficient (Wildman–Crippen LogP) is 7.99. The van der Waals surface area contributed by atoms with Crippen molar-refractivity contribution in [2.75, 3.05) is 7.11 Å². The van der Waals surface area contributed by atoms with E-state index in [4.69, 9.17) is 4.74 Å². The molecule has 2 atom stereocenters. The molecule has 0 N–H and O–H groups in total. The Morgan fingerprint density at radius 2 is 1.54 bits per heavy atom. The van der Waals surface area contributed by atoms with Crippen molar-refractivity contribution in [3.05, 3.63) is 29.8 Å². The van der Waals surface area contributed by atoms with Gasteiger partial charge >= 0.3 is 0 Å². The summed E-state index contributed by atoms with van der Waals surface area (Å²) in [5.41, 5.74) is 1.42. The first-order valence-electron chi connectivity index (χ1n) is 11.5. The minimum absolute atomic E-state index is 0.141. The number of alkyl halides is 2. The van der Waals surface area contributed by atoms with Gasteiger partial charge in [-0.2, -0.15) is 0 Å². The van der Waals surface area contributed by atoms with Crippen molar-refractivity contribution >= 4 is 0 Å². The summed E-state index contributed by atoms with van der Waals surface area (Å²) in [5.74, 6) is -0.236. The van der Waals surface area contributed by atoms with Gasteiger partial charge < -0.3 is 4.74 Å². The third-order valence-corrected chi connectivity index (χ3v) is 7.40. The van der Waals surface area contributed by atoms with Gasteiger partial charge in [-0.1, -0.05) is 38.3 Å². The van der Waals surface area contributed by atoms with E-state index in [-0.39, 0.29) is 18.3 Å². The Kier molecular flexibility index (Phi) is 7.77. The first-order chi connectivity index (χ1) is 13.5. The average molecular weight is 393 g/mol. The highest BCUT2D eigenvalue weighted by Crippen LogP contribution is 2.46. The molecule has 0 aromatic heterocycles. The number of unbranched alkanes of at least 4 members (excludes halogenated alkanes) is 1. The molecular formula is C25H38F2O. The number of halogens is 2. The lowest BCUT2D eigenvalue weighted by molar-refractivity contribution is -0.106. The lowest BCUT2D eigenvalue weighted by Gasteiger charge is -2.37. The van der Waals surface area contributed by atoms with Crippen LogP contribution >= 0.6 is 0 Å². The molecule has 0 spiro atoms. The third-order valence-electron chi connectivity index (χ3n) is 7.40. The third kappa shape index (κ3) is 5.70. The summed E-state index contributed by atoms with van der Waals surface area (Å²) in [4.78, 5) is 0. The number of rotatable bonds is 8. The minimum Gasteiger partial charge on any atom is -0.497 e. The van der Waals surface area contributed by atoms with Crippen LogP contribution < -0.4 is 4.74 Å². The van der Waals surface area contributed by atoms with Crippen molar-refractivity contribution in [2.24, 2.45) is 17.8 Å². The van der Waals surface area contributed by atoms with Gasteiger partial charge in [-0.15, -0.1) is 0 Å². The molecule has 3 heteroatoms. The van der Waals surface area contributed by atoms with Gasteiger partial charge in [0.05, 0.1) is 7.11 Å². The van der Waals surface area contributed by atoms with Crippen LogP contribution in [-0.2, 0) is 0 Å². The summed E-state index contributed by atoms with van der Waals surface area (Å²) in [6.07, 6.45) is 11.7. The zero-order valence-corrected chi connectivity index (χ0v) is 17.8. The Balaban J connectivity index is 1.39. The number of benzene rings is 1. The molecule has 0 radical (unpaired) electrons. The fourth-order valence-corrected chi connectivity index (χ4v) is 5.49. The fraction of sp³-hybridized carbons (Fsp3) is 0.760. The van der Waals surface area contributed by atoms with Crippen molar-refractivity contribution in [3.63, 3.8) is 0 Å². The van der Waals surface area contributed by atoms with Gasteiger partial charge in [0.2, 0.25) is 0 Å². The molecule has 2 unspecified atom stereocenters. The predicted molar refractivity (Wildman–Crippen MR) is 112 cm³/mol. The summed E-state index contributed by atoms with van der Waals surface area (Å²) in [5, 5.41) is 0. The second-order valence-electron chi connectivity index (χ2n) is 9.32. The lowest BCUT2D eigenvalue weighted by Crippen LogP contribution is -2.36. The number of hydrogen-bond donors (Lipinski definition) is 0. The van der Waals surface area contributed by atoms with Crippen LogP contribution in [0.15, 0.2) is 24.3 Å². The topological polar surface area (TPSA) is 9.23 Å². The number of hydrogen-bond acceptors (Lipinski definition) is 1. The van der Waals surface area contributed by atoms with E-state index in [1.807, 2.05) is 0 Å². The molecule has 2 fully saturated rings. The van der Waals surface area contributed by atoms with Crippen molar-refractivity contribution in [2.45, 2.75) is 95.8 Å². The fourth-order valence-electron chi connectivity index (χ4n) is 5.49. The van der Waals surface area contributed by atoms with Gasteiger partial charge in [-0.05, 0) is 86.8 Å². The molecule has 2 aliphatic carbocycles. The zero-order chi connectivity index (χ0) is 20.0. The average Bonchev–Trinajstić information content (AvgIpc) is 2.71. The molecule has 0 bridgehead atoms. The Morgan fingerprint density at radius 3 is 2.14 bits per heavy atom. The number of ether oxygens (including phenoxy) is 1. The maximum atomic E-state index is 14.5. The number of methoxy groups -OCH3 is 1. The Bertz CT molecular complexity index is 575. The molecule has 0 saturated heterocycles. The molecule has 158 valence electrons. The van der Waals surface area contributed by atoms with Gasteiger partial charge in [0.1, 0.15) is 5.75 Å². The van der Waals surface area contributed by atoms with E-state index in [9.17, 15) is 8.78 Å². The van der Waals surface area contributed by atoms with Gasteiger partial charge in [-0.25, -0.2) is 8.78 Å². The maximum absolute atomic E-state index is 14.5. The van der Waals surface area contributed by atoms with E-state index in [1.165, 1.54) is 31.2 Å². The smallest absolute Gasteiger partial charge is 0.251 e. The van der Waals surface area contributed by atoms with Crippen LogP contribution in [0.2, 0.25) is 0 Å². The Hall–Kier alpha value is -1.12. The van der Waals surface area contributed by atoms with Crippen molar-refractivity contribution in [3.8, 4) is 5.75 Å². The van der Waals surface area contributed by atoms with Crippen molar-refractivity contribution in [1.29, 1.82) is 0 Å². The Labute approximate surface area is 170 Å². The highest BCUT2D eigenvalue weighted by molar-refractivity contribution is 5.29. The van der Waals surface area contributed by atoms with Crippen LogP contribution in [0.5, 0.6) is 5.75 Å². The summed E-state index contributed by atoms with van der Waals surface area (Å²) >= 11 is 0. The molecule has 1 aromatic carbocycles. The zero-order valence-electron chi connectivity index (χ0n) is 17.8. The van der Waals surface area contributed by atoms with E-state index in [1.54, 1.807) is 7.11 Å². The molecule has 2 saturated carbocycles. The molecule has 28 heavy (non-hydrogen) atoms. The minimum atomic E-state index is -2.43. The standard InChI is InChI=1S/C25H38F2O/c1-3-4-5-23-15-10-20(18-25(23,26)27)7-6-19-8-11-21(12-9-19)22-13-16-24(28-2)17-14-22/h13-14,16-17,19-21,23H,3-12,15,18H2,1-2H3. The largest absolute Gasteiger partial charge is 0.497 e. The summed E-state index contributed by atoms with van der Waals surface area (Å²) in [6, 6.07) is 8.50. The van der Waals surface area contributed by atoms with Crippen LogP contribution in [0.1, 0.15) is 95.5 Å². The second kappa shape index (κ2) is 10.1. The maximum Gasteiger partial charge on any atom is 0.251 e. The summed E-state index contributed by atoms with van der Waals surface area (Å²) < 4.78 is 34.2. The molecule has 1 nitrogen and oxygen atoms in total. The highest BCUT2D eigenvalue weighted by atomic mass is 19.3. The molecule has 3 rings (SSSR count). The van der Waals surface area contributed by atoms with E-state index >= 15 is 0 Å². The molecule has 0 aliphatic heterocycles.